The fourth-order valence-electron chi connectivity index (χ4n) is 9.79. The van der Waals surface area contributed by atoms with Crippen LogP contribution in [0.1, 0.15) is 371 Å². The minimum atomic E-state index is -0.573. The number of esters is 4. The van der Waals surface area contributed by atoms with Crippen LogP contribution >= 0.6 is 246 Å². The van der Waals surface area contributed by atoms with Gasteiger partial charge < -0.3 is 18.9 Å². The third-order valence-electron chi connectivity index (χ3n) is 15.7. The number of hydrogen-bond donors (Lipinski definition) is 1. The summed E-state index contributed by atoms with van der Waals surface area (Å²) >= 11 is 69.4. The molecule has 0 aliphatic carbocycles. The number of carbonyl (C=O) groups excluding carboxylic acids is 4. The van der Waals surface area contributed by atoms with Gasteiger partial charge in [0.1, 0.15) is 23.9 Å². The van der Waals surface area contributed by atoms with Gasteiger partial charge in [0, 0.05) is 107 Å². The molecule has 0 fully saturated rings. The van der Waals surface area contributed by atoms with Crippen LogP contribution in [0.15, 0.2) is 0 Å². The summed E-state index contributed by atoms with van der Waals surface area (Å²) < 4.78 is 18.3. The van der Waals surface area contributed by atoms with E-state index in [9.17, 15) is 19.2 Å². The molecule has 0 aromatic heterocycles. The molecule has 118 heavy (non-hydrogen) atoms. The number of alkyl halides is 14. The van der Waals surface area contributed by atoms with Crippen LogP contribution in [0.25, 0.3) is 0 Å². The molecular formula is C88H190Br4Cl10O8P2S4V2. The van der Waals surface area contributed by atoms with Gasteiger partial charge in [-0.15, -0.1) is 134 Å². The quantitative estimate of drug-likeness (QED) is 0.0157. The Morgan fingerprint density at radius 1 is 0.237 bits per heavy atom. The van der Waals surface area contributed by atoms with E-state index in [4.69, 9.17) is 18.9 Å². The Labute approximate surface area is 868 Å². The van der Waals surface area contributed by atoms with Gasteiger partial charge in [-0.25, -0.2) is 0 Å². The van der Waals surface area contributed by atoms with Crippen LogP contribution < -0.4 is 0 Å². The first kappa shape index (κ1) is 170. The first-order valence-corrected chi connectivity index (χ1v) is 59.7. The molecule has 0 N–H and O–H groups in total. The second-order valence-corrected chi connectivity index (χ2v) is 38.4. The number of carbonyl (C=O) groups is 4. The van der Waals surface area contributed by atoms with Gasteiger partial charge in [-0.3, -0.25) is 19.2 Å². The fraction of sp³-hybridized carbons (Fsp3) is 0.955. The maximum atomic E-state index is 11.6. The largest absolute Gasteiger partial charge is 0.465 e. The molecular weight excluding hydrogens is 2150 g/mol. The minimum Gasteiger partial charge on any atom is -0.465 e. The van der Waals surface area contributed by atoms with Crippen LogP contribution in [-0.4, -0.2) is 187 Å². The molecule has 2 atom stereocenters. The standard InChI is InChI=1S/3C23H45BrO2S.C6H11BrO2S.10CH3Cl.2CH5P.CH4.2V/c3*1-23(2,24)22(25)26-20-18-16-14-12-10-8-6-4-5-7-9-11-13-15-17-19-21-27-3;1-6(2,7)5(8)9-3-4-10;12*1-2;;;/h3*4-21H2,1-3H3;10H,3-4H2,1-2H3;10*1H3;2*2H2,1H3;1H4;;. The van der Waals surface area contributed by atoms with E-state index in [1.807, 2.05) is 90.2 Å². The number of rotatable bonds is 63. The molecule has 0 saturated carbocycles. The zero-order valence-electron chi connectivity index (χ0n) is 78.9. The number of ether oxygens (including phenoxy) is 4. The molecule has 0 aromatic rings. The molecule has 0 bridgehead atoms. The zero-order valence-corrected chi connectivity index (χ0v) is 101. The van der Waals surface area contributed by atoms with Crippen molar-refractivity contribution < 1.29 is 75.2 Å². The topological polar surface area (TPSA) is 105 Å². The summed E-state index contributed by atoms with van der Waals surface area (Å²) in [6.07, 6.45) is 86.9. The van der Waals surface area contributed by atoms with Crippen LogP contribution in [0.2, 0.25) is 0 Å². The first-order valence-electron chi connectivity index (χ1n) is 41.9. The van der Waals surface area contributed by atoms with E-state index in [1.165, 1.54) is 370 Å². The summed E-state index contributed by atoms with van der Waals surface area (Å²) in [5, 5.41) is 0. The van der Waals surface area contributed by atoms with Crippen LogP contribution in [0.5, 0.6) is 0 Å². The second kappa shape index (κ2) is 166. The van der Waals surface area contributed by atoms with Gasteiger partial charge in [0.25, 0.3) is 0 Å². The number of thiol groups is 1. The van der Waals surface area contributed by atoms with Crippen LogP contribution in [0.4, 0.5) is 0 Å². The van der Waals surface area contributed by atoms with Gasteiger partial charge in [0.2, 0.25) is 0 Å². The molecule has 0 heterocycles. The third kappa shape index (κ3) is 190. The van der Waals surface area contributed by atoms with Crippen molar-refractivity contribution in [1.29, 1.82) is 0 Å². The molecule has 2 unspecified atom stereocenters. The average molecular weight is 2340 g/mol. The first-order chi connectivity index (χ1) is 55.4. The Morgan fingerprint density at radius 3 is 0.424 bits per heavy atom. The van der Waals surface area contributed by atoms with Gasteiger partial charge in [-0.1, -0.05) is 354 Å². The third-order valence-corrected chi connectivity index (χ3v) is 19.3. The molecule has 8 nitrogen and oxygen atoms in total. The van der Waals surface area contributed by atoms with Crippen molar-refractivity contribution in [2.75, 3.05) is 145 Å². The zero-order chi connectivity index (χ0) is 92.9. The van der Waals surface area contributed by atoms with Crippen LogP contribution in [-0.2, 0) is 75.2 Å². The minimum absolute atomic E-state index is 0. The number of hydrogen-bond acceptors (Lipinski definition) is 12. The predicted octanol–water partition coefficient (Wildman–Crippen LogP) is 36.7. The predicted molar refractivity (Wildman–Crippen MR) is 582 cm³/mol. The number of unbranched alkanes of at least 4 members (excludes halogenated alkanes) is 45. The molecule has 0 amide bonds. The molecule has 0 aromatic carbocycles. The summed E-state index contributed by atoms with van der Waals surface area (Å²) in [6.45, 7) is 20.3. The Kier molecular flexibility index (Phi) is 240. The summed E-state index contributed by atoms with van der Waals surface area (Å²) in [5.74, 6) is 3.86. The van der Waals surface area contributed by atoms with Crippen molar-refractivity contribution in [2.24, 2.45) is 0 Å². The van der Waals surface area contributed by atoms with Crippen LogP contribution in [0.3, 0.4) is 0 Å². The summed E-state index contributed by atoms with van der Waals surface area (Å²) in [7, 11) is 4.83. The summed E-state index contributed by atoms with van der Waals surface area (Å²) in [6, 6.07) is 0. The fourth-order valence-corrected chi connectivity index (χ4v) is 11.8. The second-order valence-electron chi connectivity index (χ2n) is 27.1. The normalized spacial score (nSPS) is 9.59. The van der Waals surface area contributed by atoms with E-state index < -0.39 is 17.3 Å². The molecule has 0 aliphatic heterocycles. The molecule has 0 spiro atoms. The Bertz CT molecular complexity index is 1470. The number of halogens is 14. The number of thioether (sulfide) groups is 3. The maximum absolute atomic E-state index is 11.6. The van der Waals surface area contributed by atoms with Crippen molar-refractivity contribution in [2.45, 2.75) is 388 Å². The van der Waals surface area contributed by atoms with E-state index in [-0.39, 0.29) is 68.4 Å². The Hall–Kier alpha value is 6.13. The van der Waals surface area contributed by atoms with Crippen molar-refractivity contribution in [3.63, 3.8) is 0 Å². The summed E-state index contributed by atoms with van der Waals surface area (Å²) in [4.78, 5) is 45.7. The van der Waals surface area contributed by atoms with E-state index in [2.05, 4.69) is 230 Å². The molecule has 0 aliphatic rings. The molecule has 0 rings (SSSR count). The van der Waals surface area contributed by atoms with Gasteiger partial charge in [-0.2, -0.15) is 47.9 Å². The SMILES string of the molecule is C.CC(C)(Br)C(=O)OCCS.CCl.CCl.CCl.CCl.CCl.CCl.CCl.CCl.CCl.CCl.CP.CP.CSCCCCCCCCCCCCCCCCCCOC(=O)C(C)(C)Br.CSCCCCCCCCCCCCCCCCCCOC(=O)C(C)(C)Br.CSCCCCCCCCCCCCCCCCCCOC(=O)C(C)(C)Br.[V].[V]. The Balaban J connectivity index is -0.0000000608. The van der Waals surface area contributed by atoms with E-state index in [1.54, 1.807) is 13.8 Å². The monoisotopic (exact) mass is 2330 g/mol. The van der Waals surface area contributed by atoms with Crippen molar-refractivity contribution >= 4 is 270 Å². The maximum Gasteiger partial charge on any atom is 0.322 e. The van der Waals surface area contributed by atoms with Crippen LogP contribution in [0, 0.1) is 0 Å². The smallest absolute Gasteiger partial charge is 0.322 e. The molecule has 0 saturated heterocycles. The van der Waals surface area contributed by atoms with Gasteiger partial charge in [0.15, 0.2) is 0 Å². The molecule has 732 valence electrons. The van der Waals surface area contributed by atoms with E-state index in [0.717, 1.165) is 19.3 Å². The summed E-state index contributed by atoms with van der Waals surface area (Å²) in [5.41, 5.74) is 0. The van der Waals surface area contributed by atoms with E-state index >= 15 is 0 Å². The molecule has 2 radical (unpaired) electrons. The van der Waals surface area contributed by atoms with Crippen molar-refractivity contribution in [3.05, 3.63) is 0 Å². The van der Waals surface area contributed by atoms with Gasteiger partial charge >= 0.3 is 23.9 Å². The van der Waals surface area contributed by atoms with Crippen molar-refractivity contribution in [1.82, 2.24) is 0 Å². The van der Waals surface area contributed by atoms with E-state index in [0.29, 0.717) is 32.2 Å². The molecule has 30 heteroatoms. The van der Waals surface area contributed by atoms with Gasteiger partial charge in [-0.05, 0) is 130 Å². The Morgan fingerprint density at radius 2 is 0.331 bits per heavy atom. The average Bonchev–Trinajstić information content (AvgIpc) is 0.947. The van der Waals surface area contributed by atoms with Crippen molar-refractivity contribution in [3.8, 4) is 0 Å². The van der Waals surface area contributed by atoms with Gasteiger partial charge in [0.05, 0.1) is 19.8 Å².